The molecule has 3 heterocycles. The molecule has 2 saturated heterocycles. The molecule has 30 heavy (non-hydrogen) atoms. The van der Waals surface area contributed by atoms with Gasteiger partial charge in [-0.05, 0) is 0 Å². The van der Waals surface area contributed by atoms with Crippen molar-refractivity contribution in [2.45, 2.75) is 49.1 Å². The fraction of sp³-hybridized carbons (Fsp3) is 0.750. The SMILES string of the molecule is COc1nc(N[C@H]2OC[C@@H](O)[C@H](O)[C@H]2O)c(NC2O[C@@H](CO)[C@@H](O)[C@@H]2O)c(=O)n1C. The van der Waals surface area contributed by atoms with E-state index in [0.717, 1.165) is 4.57 Å². The van der Waals surface area contributed by atoms with Gasteiger partial charge >= 0.3 is 6.01 Å². The summed E-state index contributed by atoms with van der Waals surface area (Å²) in [6, 6.07) is -0.0971. The van der Waals surface area contributed by atoms with Crippen molar-refractivity contribution < 1.29 is 44.8 Å². The molecule has 2 aliphatic rings. The van der Waals surface area contributed by atoms with Crippen LogP contribution in [0.1, 0.15) is 0 Å². The van der Waals surface area contributed by atoms with Crippen LogP contribution < -0.4 is 20.9 Å². The molecule has 1 unspecified atom stereocenters. The molecule has 2 aliphatic heterocycles. The molecule has 0 saturated carbocycles. The Labute approximate surface area is 170 Å². The molecule has 0 amide bonds. The van der Waals surface area contributed by atoms with E-state index in [4.69, 9.17) is 14.2 Å². The van der Waals surface area contributed by atoms with Crippen molar-refractivity contribution >= 4 is 11.5 Å². The van der Waals surface area contributed by atoms with Crippen molar-refractivity contribution in [3.05, 3.63) is 10.4 Å². The zero-order valence-electron chi connectivity index (χ0n) is 16.2. The highest BCUT2D eigenvalue weighted by Gasteiger charge is 2.43. The van der Waals surface area contributed by atoms with Crippen LogP contribution in [-0.2, 0) is 16.5 Å². The van der Waals surface area contributed by atoms with Crippen LogP contribution in [0.15, 0.2) is 4.79 Å². The van der Waals surface area contributed by atoms with E-state index < -0.39 is 61.2 Å². The molecule has 0 spiro atoms. The molecular formula is C16H26N4O10. The number of nitrogens with zero attached hydrogens (tertiary/aromatic N) is 2. The molecule has 1 aromatic heterocycles. The first-order chi connectivity index (χ1) is 14.2. The highest BCUT2D eigenvalue weighted by molar-refractivity contribution is 5.64. The summed E-state index contributed by atoms with van der Waals surface area (Å²) in [4.78, 5) is 17.0. The molecule has 170 valence electrons. The van der Waals surface area contributed by atoms with Gasteiger partial charge in [0.05, 0.1) is 20.3 Å². The van der Waals surface area contributed by atoms with Crippen molar-refractivity contribution in [2.75, 3.05) is 31.0 Å². The molecule has 2 fully saturated rings. The van der Waals surface area contributed by atoms with Gasteiger partial charge in [-0.3, -0.25) is 9.36 Å². The quantitative estimate of drug-likeness (QED) is 0.213. The van der Waals surface area contributed by atoms with Gasteiger partial charge in [0, 0.05) is 7.05 Å². The number of aromatic nitrogens is 2. The topological polar surface area (TPSA) is 208 Å². The Hall–Kier alpha value is -2.04. The van der Waals surface area contributed by atoms with Gasteiger partial charge < -0.3 is 55.5 Å². The molecule has 0 bridgehead atoms. The summed E-state index contributed by atoms with van der Waals surface area (Å²) in [5, 5.41) is 64.2. The number of ether oxygens (including phenoxy) is 3. The lowest BCUT2D eigenvalue weighted by Crippen LogP contribution is -2.55. The normalized spacial score (nSPS) is 36.5. The second-order valence-corrected chi connectivity index (χ2v) is 7.04. The van der Waals surface area contributed by atoms with Crippen LogP contribution in [0.5, 0.6) is 6.01 Å². The number of hydrogen-bond donors (Lipinski definition) is 8. The molecule has 0 radical (unpaired) electrons. The maximum absolute atomic E-state index is 12.8. The third-order valence-electron chi connectivity index (χ3n) is 5.04. The van der Waals surface area contributed by atoms with Gasteiger partial charge in [0.25, 0.3) is 5.56 Å². The summed E-state index contributed by atoms with van der Waals surface area (Å²) in [6.45, 7) is -0.835. The minimum atomic E-state index is -1.55. The maximum atomic E-state index is 12.8. The average Bonchev–Trinajstić information content (AvgIpc) is 3.01. The van der Waals surface area contributed by atoms with Gasteiger partial charge in [-0.25, -0.2) is 0 Å². The molecule has 3 rings (SSSR count). The molecule has 1 aromatic rings. The second kappa shape index (κ2) is 8.99. The molecular weight excluding hydrogens is 408 g/mol. The first-order valence-electron chi connectivity index (χ1n) is 9.15. The standard InChI is InChI=1S/C16H26N4O10/c1-20-15(27)7(17-14-11(26)9(24)6(3-21)30-14)12(19-16(20)28-2)18-13-10(25)8(23)5(22)4-29-13/h5-6,8-11,13-14,17-18,21-26H,3-4H2,1-2H3/t5-,6+,8+,9-,10-,11+,13+,14?/m1/s1. The molecule has 0 aromatic carbocycles. The lowest BCUT2D eigenvalue weighted by molar-refractivity contribution is -0.178. The number of hydrogen-bond acceptors (Lipinski definition) is 13. The van der Waals surface area contributed by atoms with Gasteiger partial charge in [-0.15, -0.1) is 0 Å². The summed E-state index contributed by atoms with van der Waals surface area (Å²) in [5.41, 5.74) is -0.877. The summed E-state index contributed by atoms with van der Waals surface area (Å²) in [5.74, 6) is -0.166. The molecule has 14 heteroatoms. The van der Waals surface area contributed by atoms with Crippen LogP contribution >= 0.6 is 0 Å². The smallest absolute Gasteiger partial charge is 0.300 e. The number of aliphatic hydroxyl groups excluding tert-OH is 6. The fourth-order valence-electron chi connectivity index (χ4n) is 3.23. The first-order valence-corrected chi connectivity index (χ1v) is 9.15. The maximum Gasteiger partial charge on any atom is 0.300 e. The Kier molecular flexibility index (Phi) is 6.78. The minimum Gasteiger partial charge on any atom is -0.468 e. The Bertz CT molecular complexity index is 807. The monoisotopic (exact) mass is 434 g/mol. The number of nitrogens with one attached hydrogen (secondary N) is 2. The van der Waals surface area contributed by atoms with Crippen LogP contribution in [-0.4, -0.2) is 110 Å². The second-order valence-electron chi connectivity index (χ2n) is 7.04. The molecule has 8 N–H and O–H groups in total. The number of rotatable bonds is 6. The zero-order valence-corrected chi connectivity index (χ0v) is 16.2. The van der Waals surface area contributed by atoms with E-state index in [9.17, 15) is 35.4 Å². The van der Waals surface area contributed by atoms with E-state index in [2.05, 4.69) is 15.6 Å². The van der Waals surface area contributed by atoms with Crippen molar-refractivity contribution in [3.63, 3.8) is 0 Å². The van der Waals surface area contributed by atoms with Crippen LogP contribution in [0.2, 0.25) is 0 Å². The molecule has 14 nitrogen and oxygen atoms in total. The van der Waals surface area contributed by atoms with E-state index in [1.54, 1.807) is 0 Å². The highest BCUT2D eigenvalue weighted by atomic mass is 16.6. The Morgan fingerprint density at radius 1 is 1.10 bits per heavy atom. The average molecular weight is 434 g/mol. The third-order valence-corrected chi connectivity index (χ3v) is 5.04. The van der Waals surface area contributed by atoms with Crippen LogP contribution in [0, 0.1) is 0 Å². The highest BCUT2D eigenvalue weighted by Crippen LogP contribution is 2.27. The Balaban J connectivity index is 1.92. The minimum absolute atomic E-state index is 0.0971. The van der Waals surface area contributed by atoms with Gasteiger partial charge in [-0.1, -0.05) is 0 Å². The summed E-state index contributed by atoms with van der Waals surface area (Å²) in [7, 11) is 2.67. The van der Waals surface area contributed by atoms with E-state index in [1.165, 1.54) is 14.2 Å². The largest absolute Gasteiger partial charge is 0.468 e. The summed E-state index contributed by atoms with van der Waals surface area (Å²) >= 11 is 0. The van der Waals surface area contributed by atoms with Crippen molar-refractivity contribution in [2.24, 2.45) is 7.05 Å². The van der Waals surface area contributed by atoms with Gasteiger partial charge in [-0.2, -0.15) is 4.98 Å². The van der Waals surface area contributed by atoms with E-state index in [-0.39, 0.29) is 24.1 Å². The number of aliphatic hydroxyl groups is 6. The van der Waals surface area contributed by atoms with Gasteiger partial charge in [0.15, 0.2) is 18.3 Å². The first kappa shape index (κ1) is 22.6. The zero-order chi connectivity index (χ0) is 22.2. The van der Waals surface area contributed by atoms with Crippen LogP contribution in [0.25, 0.3) is 0 Å². The Morgan fingerprint density at radius 2 is 1.77 bits per heavy atom. The number of anilines is 2. The lowest BCUT2D eigenvalue weighted by atomic mass is 10.0. The summed E-state index contributed by atoms with van der Waals surface area (Å²) in [6.07, 6.45) is -10.8. The van der Waals surface area contributed by atoms with Crippen molar-refractivity contribution in [3.8, 4) is 6.01 Å². The van der Waals surface area contributed by atoms with E-state index >= 15 is 0 Å². The van der Waals surface area contributed by atoms with Gasteiger partial charge in [0.2, 0.25) is 0 Å². The molecule has 0 aliphatic carbocycles. The lowest BCUT2D eigenvalue weighted by Gasteiger charge is -2.36. The van der Waals surface area contributed by atoms with E-state index in [0.29, 0.717) is 0 Å². The third kappa shape index (κ3) is 4.08. The van der Waals surface area contributed by atoms with Crippen LogP contribution in [0.3, 0.4) is 0 Å². The van der Waals surface area contributed by atoms with Crippen LogP contribution in [0.4, 0.5) is 11.5 Å². The van der Waals surface area contributed by atoms with E-state index in [1.807, 2.05) is 0 Å². The van der Waals surface area contributed by atoms with Crippen molar-refractivity contribution in [1.82, 2.24) is 9.55 Å². The molecule has 8 atom stereocenters. The van der Waals surface area contributed by atoms with Gasteiger partial charge in [0.1, 0.15) is 42.3 Å². The predicted molar refractivity (Wildman–Crippen MR) is 98.8 cm³/mol. The Morgan fingerprint density at radius 3 is 2.37 bits per heavy atom. The fourth-order valence-corrected chi connectivity index (χ4v) is 3.23. The predicted octanol–water partition coefficient (Wildman–Crippen LogP) is -4.51. The van der Waals surface area contributed by atoms with Crippen molar-refractivity contribution in [1.29, 1.82) is 0 Å². The summed E-state index contributed by atoms with van der Waals surface area (Å²) < 4.78 is 16.7. The number of methoxy groups -OCH3 is 1.